The normalized spacial score (nSPS) is 17.4. The summed E-state index contributed by atoms with van der Waals surface area (Å²) in [5.74, 6) is -1.96. The topological polar surface area (TPSA) is 120 Å². The number of carboxylic acid groups (broad SMARTS) is 2. The number of halogens is 1. The van der Waals surface area contributed by atoms with Crippen molar-refractivity contribution in [3.05, 3.63) is 34.4 Å². The second kappa shape index (κ2) is 8.42. The Morgan fingerprint density at radius 2 is 1.83 bits per heavy atom. The number of rotatable bonds is 7. The number of piperazine rings is 1. The van der Waals surface area contributed by atoms with Gasteiger partial charge in [-0.2, -0.15) is 4.31 Å². The van der Waals surface area contributed by atoms with Gasteiger partial charge in [0.2, 0.25) is 10.0 Å². The zero-order valence-electron chi connectivity index (χ0n) is 15.8. The van der Waals surface area contributed by atoms with Crippen molar-refractivity contribution in [3.63, 3.8) is 0 Å². The van der Waals surface area contributed by atoms with E-state index in [4.69, 9.17) is 5.11 Å². The van der Waals surface area contributed by atoms with E-state index in [1.54, 1.807) is 15.7 Å². The van der Waals surface area contributed by atoms with Crippen molar-refractivity contribution in [1.82, 2.24) is 13.8 Å². The maximum absolute atomic E-state index is 12.2. The summed E-state index contributed by atoms with van der Waals surface area (Å²) in [7, 11) is -3.32. The molecule has 1 aliphatic rings. The largest absolute Gasteiger partial charge is 0.481 e. The molecule has 1 aliphatic heterocycles. The van der Waals surface area contributed by atoms with E-state index in [1.165, 1.54) is 4.31 Å². The van der Waals surface area contributed by atoms with Crippen molar-refractivity contribution >= 4 is 48.8 Å². The molecule has 2 N–H and O–H groups in total. The monoisotopic (exact) mass is 487 g/mol. The molecule has 1 saturated heterocycles. The number of nitrogens with zero attached hydrogens (tertiary/aromatic N) is 3. The van der Waals surface area contributed by atoms with E-state index in [1.807, 2.05) is 18.2 Å². The van der Waals surface area contributed by atoms with Crippen LogP contribution in [0.2, 0.25) is 0 Å². The number of sulfonamides is 1. The van der Waals surface area contributed by atoms with E-state index in [9.17, 15) is 23.1 Å². The number of fused-ring (bicyclic) bond motifs is 1. The molecule has 3 rings (SSSR count). The Bertz CT molecular complexity index is 1040. The SMILES string of the molecule is CS(=O)(=O)N1CCN([C@H](C(=O)O)c2cn(CCC(=O)O)c3cc(Br)ccc23)CC1. The smallest absolute Gasteiger partial charge is 0.325 e. The van der Waals surface area contributed by atoms with Gasteiger partial charge in [-0.25, -0.2) is 8.42 Å². The molecule has 1 atom stereocenters. The third-order valence-corrected chi connectivity index (χ3v) is 6.87. The fraction of sp³-hybridized carbons (Fsp3) is 0.444. The summed E-state index contributed by atoms with van der Waals surface area (Å²) in [5, 5.41) is 19.7. The van der Waals surface area contributed by atoms with E-state index in [0.717, 1.165) is 21.6 Å². The molecule has 158 valence electrons. The molecule has 9 nitrogen and oxygen atoms in total. The van der Waals surface area contributed by atoms with Crippen molar-refractivity contribution in [2.24, 2.45) is 0 Å². The Labute approximate surface area is 176 Å². The van der Waals surface area contributed by atoms with E-state index in [-0.39, 0.29) is 26.1 Å². The van der Waals surface area contributed by atoms with Crippen LogP contribution in [0.25, 0.3) is 10.9 Å². The van der Waals surface area contributed by atoms with Gasteiger partial charge in [0.15, 0.2) is 0 Å². The van der Waals surface area contributed by atoms with Gasteiger partial charge in [0, 0.05) is 59.9 Å². The number of aryl methyl sites for hydroxylation is 1. The summed E-state index contributed by atoms with van der Waals surface area (Å²) in [6.45, 7) is 1.26. The average molecular weight is 488 g/mol. The lowest BCUT2D eigenvalue weighted by Crippen LogP contribution is -2.50. The van der Waals surface area contributed by atoms with E-state index < -0.39 is 28.0 Å². The van der Waals surface area contributed by atoms with Crippen molar-refractivity contribution in [3.8, 4) is 0 Å². The Balaban J connectivity index is 1.97. The highest BCUT2D eigenvalue weighted by Gasteiger charge is 2.34. The molecule has 2 aromatic rings. The first-order valence-electron chi connectivity index (χ1n) is 9.00. The zero-order valence-corrected chi connectivity index (χ0v) is 18.2. The van der Waals surface area contributed by atoms with Crippen LogP contribution in [0.15, 0.2) is 28.9 Å². The van der Waals surface area contributed by atoms with Gasteiger partial charge < -0.3 is 14.8 Å². The number of benzene rings is 1. The third kappa shape index (κ3) is 4.80. The van der Waals surface area contributed by atoms with E-state index in [2.05, 4.69) is 15.9 Å². The van der Waals surface area contributed by atoms with E-state index >= 15 is 0 Å². The molecule has 2 heterocycles. The molecular formula is C18H22BrN3O6S. The minimum absolute atomic E-state index is 0.0828. The second-order valence-corrected chi connectivity index (χ2v) is 9.92. The first-order chi connectivity index (χ1) is 13.6. The van der Waals surface area contributed by atoms with Gasteiger partial charge in [-0.15, -0.1) is 0 Å². The first kappa shape index (κ1) is 21.8. The van der Waals surface area contributed by atoms with Crippen LogP contribution in [-0.2, 0) is 26.2 Å². The standard InChI is InChI=1S/C18H22BrN3O6S/c1-29(27,28)22-8-6-20(7-9-22)17(18(25)26)14-11-21(5-4-16(23)24)15-10-12(19)2-3-13(14)15/h2-3,10-11,17H,4-9H2,1H3,(H,23,24)(H,25,26)/t17-/m0/s1. The molecule has 0 saturated carbocycles. The predicted molar refractivity (Wildman–Crippen MR) is 110 cm³/mol. The summed E-state index contributed by atoms with van der Waals surface area (Å²) in [6, 6.07) is 4.51. The average Bonchev–Trinajstić information content (AvgIpc) is 2.97. The molecule has 0 radical (unpaired) electrons. The highest BCUT2D eigenvalue weighted by molar-refractivity contribution is 9.10. The van der Waals surface area contributed by atoms with Crippen LogP contribution in [0, 0.1) is 0 Å². The van der Waals surface area contributed by atoms with Gasteiger partial charge in [-0.1, -0.05) is 22.0 Å². The van der Waals surface area contributed by atoms with Crippen LogP contribution in [0.4, 0.5) is 0 Å². The molecule has 0 amide bonds. The van der Waals surface area contributed by atoms with Gasteiger partial charge in [0.1, 0.15) is 6.04 Å². The third-order valence-electron chi connectivity index (χ3n) is 5.08. The molecular weight excluding hydrogens is 466 g/mol. The Hall–Kier alpha value is -1.95. The van der Waals surface area contributed by atoms with Crippen LogP contribution < -0.4 is 0 Å². The minimum Gasteiger partial charge on any atom is -0.481 e. The summed E-state index contributed by atoms with van der Waals surface area (Å²) in [5.41, 5.74) is 1.31. The van der Waals surface area contributed by atoms with Crippen LogP contribution in [-0.4, -0.2) is 76.8 Å². The van der Waals surface area contributed by atoms with Crippen LogP contribution in [0.5, 0.6) is 0 Å². The molecule has 1 aromatic heterocycles. The van der Waals surface area contributed by atoms with Crippen molar-refractivity contribution in [1.29, 1.82) is 0 Å². The number of hydrogen-bond acceptors (Lipinski definition) is 5. The molecule has 1 aromatic carbocycles. The molecule has 29 heavy (non-hydrogen) atoms. The molecule has 0 aliphatic carbocycles. The Morgan fingerprint density at radius 3 is 2.38 bits per heavy atom. The quantitative estimate of drug-likeness (QED) is 0.607. The van der Waals surface area contributed by atoms with Gasteiger partial charge >= 0.3 is 11.9 Å². The van der Waals surface area contributed by atoms with Gasteiger partial charge in [0.25, 0.3) is 0 Å². The summed E-state index contributed by atoms with van der Waals surface area (Å²) >= 11 is 3.40. The van der Waals surface area contributed by atoms with Crippen molar-refractivity contribution in [2.75, 3.05) is 32.4 Å². The predicted octanol–water partition coefficient (Wildman–Crippen LogP) is 1.58. The van der Waals surface area contributed by atoms with E-state index in [0.29, 0.717) is 18.7 Å². The van der Waals surface area contributed by atoms with Crippen LogP contribution in [0.3, 0.4) is 0 Å². The van der Waals surface area contributed by atoms with Gasteiger partial charge in [0.05, 0.1) is 12.7 Å². The molecule has 0 spiro atoms. The number of aliphatic carboxylic acids is 2. The lowest BCUT2D eigenvalue weighted by atomic mass is 10.0. The van der Waals surface area contributed by atoms with Crippen LogP contribution in [0.1, 0.15) is 18.0 Å². The zero-order chi connectivity index (χ0) is 21.3. The van der Waals surface area contributed by atoms with Gasteiger partial charge in [-0.3, -0.25) is 14.5 Å². The summed E-state index contributed by atoms with van der Waals surface area (Å²) < 4.78 is 27.4. The number of carboxylic acids is 2. The molecule has 1 fully saturated rings. The van der Waals surface area contributed by atoms with Crippen LogP contribution >= 0.6 is 15.9 Å². The summed E-state index contributed by atoms with van der Waals surface area (Å²) in [4.78, 5) is 24.9. The molecule has 0 bridgehead atoms. The number of carbonyl (C=O) groups is 2. The minimum atomic E-state index is -3.32. The number of aromatic nitrogens is 1. The highest BCUT2D eigenvalue weighted by Crippen LogP contribution is 2.33. The van der Waals surface area contributed by atoms with Crippen molar-refractivity contribution in [2.45, 2.75) is 19.0 Å². The lowest BCUT2D eigenvalue weighted by Gasteiger charge is -2.36. The maximum atomic E-state index is 12.2. The lowest BCUT2D eigenvalue weighted by molar-refractivity contribution is -0.144. The summed E-state index contributed by atoms with van der Waals surface area (Å²) in [6.07, 6.45) is 2.76. The second-order valence-electron chi connectivity index (χ2n) is 7.02. The highest BCUT2D eigenvalue weighted by atomic mass is 79.9. The fourth-order valence-electron chi connectivity index (χ4n) is 3.69. The Morgan fingerprint density at radius 1 is 1.17 bits per heavy atom. The Kier molecular flexibility index (Phi) is 6.32. The molecule has 11 heteroatoms. The van der Waals surface area contributed by atoms with Crippen molar-refractivity contribution < 1.29 is 28.2 Å². The fourth-order valence-corrected chi connectivity index (χ4v) is 4.87. The maximum Gasteiger partial charge on any atom is 0.325 e. The first-order valence-corrected chi connectivity index (χ1v) is 11.6. The number of hydrogen-bond donors (Lipinski definition) is 2. The molecule has 0 unspecified atom stereocenters. The van der Waals surface area contributed by atoms with Gasteiger partial charge in [-0.05, 0) is 12.1 Å².